The molecule has 8 nitrogen and oxygen atoms in total. The number of rotatable bonds is 6. The van der Waals surface area contributed by atoms with Gasteiger partial charge >= 0.3 is 0 Å². The molecule has 0 saturated carbocycles. The Morgan fingerprint density at radius 1 is 1.13 bits per heavy atom. The number of para-hydroxylation sites is 1. The first kappa shape index (κ1) is 24.5. The molecule has 0 aliphatic carbocycles. The molecule has 1 saturated heterocycles. The van der Waals surface area contributed by atoms with Gasteiger partial charge in [-0.05, 0) is 50.6 Å². The first-order chi connectivity index (χ1) is 18.6. The topological polar surface area (TPSA) is 87.5 Å². The van der Waals surface area contributed by atoms with Crippen LogP contribution in [0, 0.1) is 6.92 Å². The molecular formula is C29H31N7OS. The highest BCUT2D eigenvalue weighted by atomic mass is 32.1. The molecule has 0 amide bonds. The quantitative estimate of drug-likeness (QED) is 0.338. The van der Waals surface area contributed by atoms with E-state index < -0.39 is 0 Å². The minimum Gasteiger partial charge on any atom is -0.379 e. The van der Waals surface area contributed by atoms with Crippen LogP contribution in [0.15, 0.2) is 59.7 Å². The Morgan fingerprint density at radius 2 is 2.03 bits per heavy atom. The zero-order chi connectivity index (χ0) is 26.1. The lowest BCUT2D eigenvalue weighted by Crippen LogP contribution is -2.29. The van der Waals surface area contributed by atoms with Crippen LogP contribution in [0.25, 0.3) is 31.8 Å². The van der Waals surface area contributed by atoms with Crippen LogP contribution in [0.3, 0.4) is 0 Å². The zero-order valence-corrected chi connectivity index (χ0v) is 22.5. The summed E-state index contributed by atoms with van der Waals surface area (Å²) in [5.74, 6) is 0.915. The highest BCUT2D eigenvalue weighted by Crippen LogP contribution is 2.33. The number of anilines is 1. The summed E-state index contributed by atoms with van der Waals surface area (Å²) >= 11 is 1.63. The summed E-state index contributed by atoms with van der Waals surface area (Å²) in [6, 6.07) is 12.2. The number of nitrogens with zero attached hydrogens (tertiary/aromatic N) is 5. The van der Waals surface area contributed by atoms with Gasteiger partial charge in [-0.2, -0.15) is 0 Å². The zero-order valence-electron chi connectivity index (χ0n) is 21.7. The van der Waals surface area contributed by atoms with Crippen LogP contribution >= 0.6 is 11.3 Å². The summed E-state index contributed by atoms with van der Waals surface area (Å²) in [5.41, 5.74) is 4.95. The van der Waals surface area contributed by atoms with E-state index >= 15 is 0 Å². The van der Waals surface area contributed by atoms with Gasteiger partial charge in [0.25, 0.3) is 0 Å². The smallest absolute Gasteiger partial charge is 0.201 e. The molecule has 9 heteroatoms. The summed E-state index contributed by atoms with van der Waals surface area (Å²) < 4.78 is 3.29. The van der Waals surface area contributed by atoms with Crippen LogP contribution in [0.1, 0.15) is 36.7 Å². The molecular weight excluding hydrogens is 494 g/mol. The van der Waals surface area contributed by atoms with Crippen molar-refractivity contribution >= 4 is 48.9 Å². The minimum atomic E-state index is -0.00895. The SMILES string of the molecule is CC/C=C(/NCc1cnc(C)cn1)c1c(=O)c2ccc(N3CCCNCC3)nc2n2c1sc1ccccc12. The third-order valence-electron chi connectivity index (χ3n) is 6.91. The predicted molar refractivity (Wildman–Crippen MR) is 156 cm³/mol. The van der Waals surface area contributed by atoms with Crippen molar-refractivity contribution in [1.82, 2.24) is 30.0 Å². The van der Waals surface area contributed by atoms with E-state index in [0.717, 1.165) is 77.0 Å². The predicted octanol–water partition coefficient (Wildman–Crippen LogP) is 4.50. The molecule has 2 N–H and O–H groups in total. The molecule has 1 aliphatic rings. The number of pyridine rings is 2. The number of aromatic nitrogens is 4. The molecule has 0 atom stereocenters. The van der Waals surface area contributed by atoms with Gasteiger partial charge in [0.15, 0.2) is 5.65 Å². The van der Waals surface area contributed by atoms with E-state index in [9.17, 15) is 4.79 Å². The largest absolute Gasteiger partial charge is 0.379 e. The maximum absolute atomic E-state index is 14.2. The average Bonchev–Trinajstić information content (AvgIpc) is 3.11. The van der Waals surface area contributed by atoms with Gasteiger partial charge in [-0.1, -0.05) is 25.1 Å². The fourth-order valence-corrected chi connectivity index (χ4v) is 6.23. The van der Waals surface area contributed by atoms with Crippen molar-refractivity contribution in [1.29, 1.82) is 0 Å². The van der Waals surface area contributed by atoms with Crippen molar-refractivity contribution in [3.8, 4) is 0 Å². The first-order valence-corrected chi connectivity index (χ1v) is 14.0. The van der Waals surface area contributed by atoms with E-state index in [1.165, 1.54) is 0 Å². The molecule has 0 radical (unpaired) electrons. The van der Waals surface area contributed by atoms with Crippen molar-refractivity contribution < 1.29 is 0 Å². The van der Waals surface area contributed by atoms with E-state index in [2.05, 4.69) is 55.0 Å². The van der Waals surface area contributed by atoms with E-state index in [1.54, 1.807) is 23.7 Å². The molecule has 38 heavy (non-hydrogen) atoms. The highest BCUT2D eigenvalue weighted by Gasteiger charge is 2.22. The molecule has 6 rings (SSSR count). The van der Waals surface area contributed by atoms with Gasteiger partial charge in [-0.25, -0.2) is 4.98 Å². The van der Waals surface area contributed by atoms with Gasteiger partial charge in [-0.15, -0.1) is 11.3 Å². The average molecular weight is 526 g/mol. The minimum absolute atomic E-state index is 0.00895. The van der Waals surface area contributed by atoms with E-state index in [4.69, 9.17) is 4.98 Å². The van der Waals surface area contributed by atoms with Gasteiger partial charge in [-0.3, -0.25) is 19.2 Å². The number of aryl methyl sites for hydroxylation is 1. The van der Waals surface area contributed by atoms with Crippen LogP contribution in [-0.4, -0.2) is 45.5 Å². The van der Waals surface area contributed by atoms with Crippen LogP contribution in [-0.2, 0) is 6.54 Å². The molecule has 1 aliphatic heterocycles. The second kappa shape index (κ2) is 10.5. The Hall–Kier alpha value is -3.82. The number of fused-ring (bicyclic) bond motifs is 5. The summed E-state index contributed by atoms with van der Waals surface area (Å²) in [5, 5.41) is 7.58. The van der Waals surface area contributed by atoms with E-state index in [1.807, 2.05) is 31.2 Å². The lowest BCUT2D eigenvalue weighted by Gasteiger charge is -2.21. The molecule has 4 aromatic heterocycles. The Bertz CT molecular complexity index is 1700. The van der Waals surface area contributed by atoms with Crippen molar-refractivity contribution in [3.63, 3.8) is 0 Å². The molecule has 0 unspecified atom stereocenters. The number of hydrogen-bond donors (Lipinski definition) is 2. The fraction of sp³-hybridized carbons (Fsp3) is 0.310. The Labute approximate surface area is 225 Å². The molecule has 0 spiro atoms. The van der Waals surface area contributed by atoms with Gasteiger partial charge in [0.05, 0.1) is 45.3 Å². The Balaban J connectivity index is 1.54. The monoisotopic (exact) mass is 525 g/mol. The maximum atomic E-state index is 14.2. The number of hydrogen-bond acceptors (Lipinski definition) is 8. The molecule has 5 aromatic rings. The number of benzene rings is 1. The first-order valence-electron chi connectivity index (χ1n) is 13.2. The van der Waals surface area contributed by atoms with Crippen LogP contribution in [0.2, 0.25) is 0 Å². The van der Waals surface area contributed by atoms with E-state index in [-0.39, 0.29) is 5.43 Å². The summed E-state index contributed by atoms with van der Waals surface area (Å²) in [7, 11) is 0. The van der Waals surface area contributed by atoms with Gasteiger partial charge in [0, 0.05) is 31.5 Å². The lowest BCUT2D eigenvalue weighted by atomic mass is 10.1. The lowest BCUT2D eigenvalue weighted by molar-refractivity contribution is 0.724. The summed E-state index contributed by atoms with van der Waals surface area (Å²) in [6.07, 6.45) is 7.48. The molecule has 0 bridgehead atoms. The van der Waals surface area contributed by atoms with Crippen molar-refractivity contribution in [2.45, 2.75) is 33.2 Å². The van der Waals surface area contributed by atoms with Gasteiger partial charge in [0.1, 0.15) is 10.6 Å². The third kappa shape index (κ3) is 4.52. The van der Waals surface area contributed by atoms with Crippen molar-refractivity contribution in [2.75, 3.05) is 31.1 Å². The summed E-state index contributed by atoms with van der Waals surface area (Å²) in [4.78, 5) is 31.3. The normalized spacial score (nSPS) is 14.9. The number of nitrogens with one attached hydrogen (secondary N) is 2. The molecule has 5 heterocycles. The molecule has 1 aromatic carbocycles. The highest BCUT2D eigenvalue weighted by molar-refractivity contribution is 7.24. The van der Waals surface area contributed by atoms with Crippen molar-refractivity contribution in [2.24, 2.45) is 0 Å². The second-order valence-corrected chi connectivity index (χ2v) is 10.6. The number of allylic oxidation sites excluding steroid dienone is 1. The molecule has 1 fully saturated rings. The standard InChI is InChI=1S/C29H31N7OS/c1-3-7-22(33-18-20-17-31-19(2)16-32-20)26-27(37)21-10-11-25(35-14-6-12-30-13-15-35)34-28(21)36-23-8-4-5-9-24(23)38-29(26)36/h4-5,7-11,16-17,30,33H,3,6,12-15,18H2,1-2H3/b22-7+. The Kier molecular flexibility index (Phi) is 6.78. The van der Waals surface area contributed by atoms with Gasteiger partial charge in [0.2, 0.25) is 5.43 Å². The van der Waals surface area contributed by atoms with E-state index in [0.29, 0.717) is 23.1 Å². The fourth-order valence-electron chi connectivity index (χ4n) is 5.03. The summed E-state index contributed by atoms with van der Waals surface area (Å²) in [6.45, 7) is 8.27. The van der Waals surface area contributed by atoms with Crippen LogP contribution in [0.4, 0.5) is 5.82 Å². The number of thiazole rings is 1. The van der Waals surface area contributed by atoms with Crippen molar-refractivity contribution in [3.05, 3.63) is 82.0 Å². The third-order valence-corrected chi connectivity index (χ3v) is 8.05. The van der Waals surface area contributed by atoms with Crippen LogP contribution < -0.4 is 21.0 Å². The Morgan fingerprint density at radius 3 is 2.87 bits per heavy atom. The second-order valence-electron chi connectivity index (χ2n) is 9.57. The van der Waals surface area contributed by atoms with Crippen LogP contribution in [0.5, 0.6) is 0 Å². The van der Waals surface area contributed by atoms with Gasteiger partial charge < -0.3 is 15.5 Å². The maximum Gasteiger partial charge on any atom is 0.201 e. The molecule has 194 valence electrons.